The lowest BCUT2D eigenvalue weighted by atomic mass is 9.89. The summed E-state index contributed by atoms with van der Waals surface area (Å²) in [4.78, 5) is 25.1. The molecule has 27 heavy (non-hydrogen) atoms. The first kappa shape index (κ1) is 20.1. The van der Waals surface area contributed by atoms with Crippen molar-refractivity contribution in [3.05, 3.63) is 28.8 Å². The molecule has 148 valence electrons. The zero-order chi connectivity index (χ0) is 19.6. The van der Waals surface area contributed by atoms with Crippen LogP contribution in [0.5, 0.6) is 0 Å². The first-order valence-electron chi connectivity index (χ1n) is 9.12. The summed E-state index contributed by atoms with van der Waals surface area (Å²) < 4.78 is 28.0. The largest absolute Gasteiger partial charge is 0.478 e. The third-order valence-electron chi connectivity index (χ3n) is 5.28. The van der Waals surface area contributed by atoms with Gasteiger partial charge in [-0.25, -0.2) is 17.9 Å². The molecule has 1 aliphatic carbocycles. The van der Waals surface area contributed by atoms with E-state index >= 15 is 0 Å². The molecule has 7 nitrogen and oxygen atoms in total. The summed E-state index contributed by atoms with van der Waals surface area (Å²) >= 11 is 5.79. The van der Waals surface area contributed by atoms with Gasteiger partial charge in [0.25, 0.3) is 0 Å². The Labute approximate surface area is 163 Å². The van der Waals surface area contributed by atoms with Crippen LogP contribution in [0.25, 0.3) is 0 Å². The maximum absolute atomic E-state index is 12.7. The highest BCUT2D eigenvalue weighted by atomic mass is 35.5. The van der Waals surface area contributed by atoms with Crippen LogP contribution in [0, 0.1) is 0 Å². The van der Waals surface area contributed by atoms with Crippen molar-refractivity contribution in [2.75, 3.05) is 6.54 Å². The van der Waals surface area contributed by atoms with Crippen molar-refractivity contribution in [3.8, 4) is 0 Å². The molecule has 0 radical (unpaired) electrons. The van der Waals surface area contributed by atoms with E-state index in [1.807, 2.05) is 4.90 Å². The molecule has 1 amide bonds. The number of carbonyl (C=O) groups excluding carboxylic acids is 1. The summed E-state index contributed by atoms with van der Waals surface area (Å²) in [6.07, 6.45) is 5.27. The van der Waals surface area contributed by atoms with Gasteiger partial charge in [0.15, 0.2) is 0 Å². The molecule has 1 aromatic rings. The van der Waals surface area contributed by atoms with Gasteiger partial charge in [-0.3, -0.25) is 4.79 Å². The average molecular weight is 415 g/mol. The molecular formula is C18H23ClN2O5S. The lowest BCUT2D eigenvalue weighted by Crippen LogP contribution is -2.47. The van der Waals surface area contributed by atoms with Crippen molar-refractivity contribution < 1.29 is 23.1 Å². The van der Waals surface area contributed by atoms with E-state index in [2.05, 4.69) is 4.72 Å². The Morgan fingerprint density at radius 3 is 2.52 bits per heavy atom. The molecule has 2 fully saturated rings. The third-order valence-corrected chi connectivity index (χ3v) is 7.09. The first-order valence-corrected chi connectivity index (χ1v) is 11.0. The van der Waals surface area contributed by atoms with Crippen molar-refractivity contribution in [3.63, 3.8) is 0 Å². The van der Waals surface area contributed by atoms with Crippen molar-refractivity contribution in [1.29, 1.82) is 0 Å². The first-order chi connectivity index (χ1) is 12.8. The predicted molar refractivity (Wildman–Crippen MR) is 100 cm³/mol. The van der Waals surface area contributed by atoms with Crippen molar-refractivity contribution in [2.45, 2.75) is 61.9 Å². The molecule has 1 saturated heterocycles. The third kappa shape index (κ3) is 4.62. The Balaban J connectivity index is 1.66. The van der Waals surface area contributed by atoms with Crippen LogP contribution >= 0.6 is 11.6 Å². The van der Waals surface area contributed by atoms with Gasteiger partial charge in [0.2, 0.25) is 15.9 Å². The van der Waals surface area contributed by atoms with Gasteiger partial charge < -0.3 is 10.0 Å². The molecule has 0 bridgehead atoms. The highest BCUT2D eigenvalue weighted by Crippen LogP contribution is 2.28. The van der Waals surface area contributed by atoms with Gasteiger partial charge in [0.05, 0.1) is 10.5 Å². The van der Waals surface area contributed by atoms with Crippen LogP contribution in [-0.2, 0) is 14.8 Å². The summed E-state index contributed by atoms with van der Waals surface area (Å²) in [5.74, 6) is -1.15. The molecule has 0 aromatic heterocycles. The molecular weight excluding hydrogens is 392 g/mol. The van der Waals surface area contributed by atoms with Gasteiger partial charge in [-0.1, -0.05) is 11.6 Å². The van der Waals surface area contributed by atoms with E-state index in [0.29, 0.717) is 19.3 Å². The number of nitrogens with one attached hydrogen (secondary N) is 1. The summed E-state index contributed by atoms with van der Waals surface area (Å²) in [6, 6.07) is 3.61. The van der Waals surface area contributed by atoms with E-state index in [-0.39, 0.29) is 33.5 Å². The van der Waals surface area contributed by atoms with Gasteiger partial charge in [0, 0.05) is 30.1 Å². The summed E-state index contributed by atoms with van der Waals surface area (Å²) in [6.45, 7) is 0.784. The number of hydrogen-bond acceptors (Lipinski definition) is 4. The molecule has 1 aliphatic heterocycles. The minimum Gasteiger partial charge on any atom is -0.478 e. The van der Waals surface area contributed by atoms with E-state index < -0.39 is 16.0 Å². The maximum atomic E-state index is 12.7. The number of halogens is 1. The van der Waals surface area contributed by atoms with Gasteiger partial charge in [-0.2, -0.15) is 0 Å². The van der Waals surface area contributed by atoms with E-state index in [1.165, 1.54) is 12.1 Å². The minimum absolute atomic E-state index is 0.165. The quantitative estimate of drug-likeness (QED) is 0.770. The van der Waals surface area contributed by atoms with Crippen LogP contribution in [0.1, 0.15) is 55.3 Å². The second-order valence-corrected chi connectivity index (χ2v) is 9.24. The number of carbonyl (C=O) groups is 2. The van der Waals surface area contributed by atoms with Crippen molar-refractivity contribution >= 4 is 33.5 Å². The van der Waals surface area contributed by atoms with Gasteiger partial charge in [0.1, 0.15) is 0 Å². The highest BCUT2D eigenvalue weighted by molar-refractivity contribution is 7.89. The number of aromatic carboxylic acids is 1. The molecule has 1 saturated carbocycles. The molecule has 1 heterocycles. The molecule has 9 heteroatoms. The van der Waals surface area contributed by atoms with Crippen LogP contribution in [0.3, 0.4) is 0 Å². The Hall–Kier alpha value is -1.64. The van der Waals surface area contributed by atoms with E-state index in [0.717, 1.165) is 38.3 Å². The second kappa shape index (κ2) is 8.16. The molecule has 0 unspecified atom stereocenters. The normalized spacial score (nSPS) is 24.0. The van der Waals surface area contributed by atoms with Crippen LogP contribution < -0.4 is 4.72 Å². The van der Waals surface area contributed by atoms with E-state index in [1.54, 1.807) is 0 Å². The van der Waals surface area contributed by atoms with Gasteiger partial charge in [-0.15, -0.1) is 0 Å². The summed E-state index contributed by atoms with van der Waals surface area (Å²) in [5.41, 5.74) is -0.345. The fourth-order valence-electron chi connectivity index (χ4n) is 3.90. The topological polar surface area (TPSA) is 104 Å². The van der Waals surface area contributed by atoms with Crippen molar-refractivity contribution in [2.24, 2.45) is 0 Å². The molecule has 0 spiro atoms. The number of benzene rings is 1. The molecule has 1 aromatic carbocycles. The fraction of sp³-hybridized carbons (Fsp3) is 0.556. The van der Waals surface area contributed by atoms with Gasteiger partial charge in [-0.05, 0) is 56.7 Å². The lowest BCUT2D eigenvalue weighted by Gasteiger charge is -2.39. The number of hydrogen-bond donors (Lipinski definition) is 2. The zero-order valence-electron chi connectivity index (χ0n) is 14.9. The number of piperidine rings is 1. The van der Waals surface area contributed by atoms with Crippen molar-refractivity contribution in [1.82, 2.24) is 9.62 Å². The Morgan fingerprint density at radius 1 is 1.19 bits per heavy atom. The summed E-state index contributed by atoms with van der Waals surface area (Å²) in [5, 5.41) is 9.44. The zero-order valence-corrected chi connectivity index (χ0v) is 16.4. The van der Waals surface area contributed by atoms with Gasteiger partial charge >= 0.3 is 5.97 Å². The summed E-state index contributed by atoms with van der Waals surface area (Å²) in [7, 11) is -3.98. The molecule has 2 N–H and O–H groups in total. The van der Waals surface area contributed by atoms with Crippen LogP contribution in [-0.4, -0.2) is 48.9 Å². The molecule has 2 aliphatic rings. The second-order valence-electron chi connectivity index (χ2n) is 7.12. The smallest absolute Gasteiger partial charge is 0.337 e. The maximum Gasteiger partial charge on any atom is 0.337 e. The van der Waals surface area contributed by atoms with Crippen LogP contribution in [0.2, 0.25) is 5.02 Å². The lowest BCUT2D eigenvalue weighted by molar-refractivity contribution is -0.136. The molecule has 0 atom stereocenters. The Kier molecular flexibility index (Phi) is 6.08. The number of carboxylic acids is 1. The fourth-order valence-corrected chi connectivity index (χ4v) is 5.56. The van der Waals surface area contributed by atoms with Crippen LogP contribution in [0.4, 0.5) is 0 Å². The number of nitrogens with zero attached hydrogens (tertiary/aromatic N) is 1. The monoisotopic (exact) mass is 414 g/mol. The van der Waals surface area contributed by atoms with E-state index in [4.69, 9.17) is 11.6 Å². The average Bonchev–Trinajstić information content (AvgIpc) is 2.62. The number of sulfonamides is 1. The number of carboxylic acid groups (broad SMARTS) is 1. The van der Waals surface area contributed by atoms with E-state index in [9.17, 15) is 23.1 Å². The Morgan fingerprint density at radius 2 is 1.89 bits per heavy atom. The SMILES string of the molecule is O=C(O)c1cc(Cl)ccc1S(=O)(=O)NC1CCC(N2CCCCC2=O)CC1. The number of amides is 1. The number of rotatable bonds is 5. The minimum atomic E-state index is -3.98. The standard InChI is InChI=1S/C18H23ClN2O5S/c19-12-4-9-16(15(11-12)18(23)24)27(25,26)20-13-5-7-14(8-6-13)21-10-2-1-3-17(21)22/h4,9,11,13-14,20H,1-3,5-8,10H2,(H,23,24). The number of likely N-dealkylation sites (tertiary alicyclic amines) is 1. The Bertz CT molecular complexity index is 834. The highest BCUT2D eigenvalue weighted by Gasteiger charge is 2.32. The van der Waals surface area contributed by atoms with Crippen LogP contribution in [0.15, 0.2) is 23.1 Å². The molecule has 3 rings (SSSR count). The predicted octanol–water partition coefficient (Wildman–Crippen LogP) is 2.64.